The molecule has 33 heavy (non-hydrogen) atoms. The lowest BCUT2D eigenvalue weighted by atomic mass is 10.0. The van der Waals surface area contributed by atoms with Crippen LogP contribution in [-0.4, -0.2) is 20.8 Å². The Balaban J connectivity index is 4.15. The van der Waals surface area contributed by atoms with E-state index >= 15 is 0 Å². The van der Waals surface area contributed by atoms with Crippen molar-refractivity contribution < 1.29 is 12.6 Å². The molecular formula is C29H50O3S. The van der Waals surface area contributed by atoms with Gasteiger partial charge in [-0.2, -0.15) is 8.42 Å². The molecule has 0 aliphatic rings. The summed E-state index contributed by atoms with van der Waals surface area (Å²) < 4.78 is 28.4. The largest absolute Gasteiger partial charge is 0.267 e. The molecule has 0 aromatic rings. The van der Waals surface area contributed by atoms with Crippen LogP contribution in [0.15, 0.2) is 58.2 Å². The van der Waals surface area contributed by atoms with Crippen molar-refractivity contribution in [1.82, 2.24) is 0 Å². The van der Waals surface area contributed by atoms with Crippen LogP contribution < -0.4 is 0 Å². The van der Waals surface area contributed by atoms with Crippen LogP contribution in [0.3, 0.4) is 0 Å². The van der Waals surface area contributed by atoms with Gasteiger partial charge in [-0.25, -0.2) is 0 Å². The fourth-order valence-electron chi connectivity index (χ4n) is 3.30. The van der Waals surface area contributed by atoms with Gasteiger partial charge in [0, 0.05) is 0 Å². The van der Waals surface area contributed by atoms with Crippen LogP contribution in [-0.2, 0) is 14.3 Å². The summed E-state index contributed by atoms with van der Waals surface area (Å²) in [7, 11) is -3.38. The van der Waals surface area contributed by atoms with Gasteiger partial charge in [-0.15, -0.1) is 0 Å². The lowest BCUT2D eigenvalue weighted by molar-refractivity contribution is 0.355. The summed E-state index contributed by atoms with van der Waals surface area (Å²) >= 11 is 0. The van der Waals surface area contributed by atoms with E-state index in [2.05, 4.69) is 58.9 Å². The molecule has 0 fully saturated rings. The maximum Gasteiger partial charge on any atom is 0.267 e. The Morgan fingerprint density at radius 1 is 0.636 bits per heavy atom. The Labute approximate surface area is 205 Å². The Hall–Kier alpha value is -1.39. The van der Waals surface area contributed by atoms with Crippen LogP contribution in [0.25, 0.3) is 0 Å². The molecule has 0 aliphatic heterocycles. The highest BCUT2D eigenvalue weighted by molar-refractivity contribution is 7.86. The third kappa shape index (κ3) is 20.9. The van der Waals surface area contributed by atoms with Crippen LogP contribution in [0.5, 0.6) is 0 Å². The van der Waals surface area contributed by atoms with Crippen molar-refractivity contribution in [2.75, 3.05) is 12.4 Å². The highest BCUT2D eigenvalue weighted by atomic mass is 32.2. The average molecular weight is 479 g/mol. The summed E-state index contributed by atoms with van der Waals surface area (Å²) in [5.74, 6) is 0.110. The van der Waals surface area contributed by atoms with Gasteiger partial charge < -0.3 is 0 Å². The second kappa shape index (κ2) is 19.0. The summed E-state index contributed by atoms with van der Waals surface area (Å²) in [6.45, 7) is 15.2. The zero-order valence-electron chi connectivity index (χ0n) is 22.5. The first kappa shape index (κ1) is 31.6. The average Bonchev–Trinajstić information content (AvgIpc) is 2.72. The molecule has 0 unspecified atom stereocenters. The predicted octanol–water partition coefficient (Wildman–Crippen LogP) is 9.01. The molecule has 0 N–H and O–H groups in total. The second-order valence-corrected chi connectivity index (χ2v) is 11.3. The SMILES string of the molecule is CCCCS(=O)(=O)OCC=C(C)CCC=C(C)CCC=C(C)CC/C=C(\C)CCC=C(C)C. The molecule has 0 aliphatic carbocycles. The normalized spacial score (nSPS) is 14.0. The number of rotatable bonds is 18. The molecule has 0 aromatic carbocycles. The Kier molecular flexibility index (Phi) is 18.2. The zero-order chi connectivity index (χ0) is 25.1. The lowest BCUT2D eigenvalue weighted by Crippen LogP contribution is -2.10. The number of hydrogen-bond acceptors (Lipinski definition) is 3. The molecule has 0 saturated heterocycles. The van der Waals surface area contributed by atoms with E-state index in [-0.39, 0.29) is 12.4 Å². The van der Waals surface area contributed by atoms with Crippen molar-refractivity contribution in [3.63, 3.8) is 0 Å². The first-order valence-corrected chi connectivity index (χ1v) is 14.3. The van der Waals surface area contributed by atoms with Gasteiger partial charge in [0.25, 0.3) is 10.1 Å². The number of hydrogen-bond donors (Lipinski definition) is 0. The van der Waals surface area contributed by atoms with Gasteiger partial charge in [0.2, 0.25) is 0 Å². The van der Waals surface area contributed by atoms with Gasteiger partial charge in [-0.3, -0.25) is 4.18 Å². The maximum atomic E-state index is 11.7. The molecule has 0 rings (SSSR count). The van der Waals surface area contributed by atoms with Crippen molar-refractivity contribution in [3.05, 3.63) is 58.2 Å². The van der Waals surface area contributed by atoms with E-state index in [1.54, 1.807) is 0 Å². The molecule has 0 radical (unpaired) electrons. The quantitative estimate of drug-likeness (QED) is 0.146. The summed E-state index contributed by atoms with van der Waals surface area (Å²) in [5, 5.41) is 0. The smallest absolute Gasteiger partial charge is 0.266 e. The summed E-state index contributed by atoms with van der Waals surface area (Å²) in [6.07, 6.45) is 21.5. The van der Waals surface area contributed by atoms with Gasteiger partial charge in [0.1, 0.15) is 0 Å². The molecule has 4 heteroatoms. The first-order chi connectivity index (χ1) is 15.6. The molecule has 0 heterocycles. The van der Waals surface area contributed by atoms with E-state index in [1.807, 2.05) is 19.9 Å². The predicted molar refractivity (Wildman–Crippen MR) is 146 cm³/mol. The summed E-state index contributed by atoms with van der Waals surface area (Å²) in [6, 6.07) is 0. The third-order valence-electron chi connectivity index (χ3n) is 5.61. The highest BCUT2D eigenvalue weighted by Crippen LogP contribution is 2.15. The zero-order valence-corrected chi connectivity index (χ0v) is 23.3. The molecule has 0 bridgehead atoms. The molecule has 0 amide bonds. The third-order valence-corrected chi connectivity index (χ3v) is 6.90. The van der Waals surface area contributed by atoms with Crippen molar-refractivity contribution in [2.45, 2.75) is 113 Å². The summed E-state index contributed by atoms with van der Waals surface area (Å²) in [5.41, 5.74) is 6.96. The fourth-order valence-corrected chi connectivity index (χ4v) is 4.33. The standard InChI is InChI=1S/C29H50O3S/c1-8-9-24-33(30,31)32-23-22-29(7)21-13-20-28(6)19-12-18-27(5)17-11-16-26(4)15-10-14-25(2)3/h14,16,18,20,22H,8-13,15,17,19,21,23-24H2,1-7H3/b26-16+,27-18?,28-20?,29-22?. The van der Waals surface area contributed by atoms with E-state index in [1.165, 1.54) is 27.9 Å². The van der Waals surface area contributed by atoms with Gasteiger partial charge in [-0.1, -0.05) is 71.6 Å². The maximum absolute atomic E-state index is 11.7. The van der Waals surface area contributed by atoms with Gasteiger partial charge in [-0.05, 0) is 99.3 Å². The molecular weight excluding hydrogens is 428 g/mol. The first-order valence-electron chi connectivity index (χ1n) is 12.7. The van der Waals surface area contributed by atoms with E-state index in [4.69, 9.17) is 4.18 Å². The summed E-state index contributed by atoms with van der Waals surface area (Å²) in [4.78, 5) is 0. The Morgan fingerprint density at radius 3 is 1.42 bits per heavy atom. The molecule has 0 atom stereocenters. The highest BCUT2D eigenvalue weighted by Gasteiger charge is 2.08. The van der Waals surface area contributed by atoms with E-state index in [0.717, 1.165) is 57.8 Å². The van der Waals surface area contributed by atoms with Crippen LogP contribution in [0.2, 0.25) is 0 Å². The van der Waals surface area contributed by atoms with Crippen molar-refractivity contribution in [2.24, 2.45) is 0 Å². The molecule has 190 valence electrons. The van der Waals surface area contributed by atoms with Crippen molar-refractivity contribution >= 4 is 10.1 Å². The fraction of sp³-hybridized carbons (Fsp3) is 0.655. The molecule has 0 saturated carbocycles. The van der Waals surface area contributed by atoms with E-state index in [0.29, 0.717) is 6.42 Å². The van der Waals surface area contributed by atoms with Gasteiger partial charge in [0.15, 0.2) is 0 Å². The lowest BCUT2D eigenvalue weighted by Gasteiger charge is -2.04. The minimum absolute atomic E-state index is 0.110. The monoisotopic (exact) mass is 478 g/mol. The molecule has 0 aromatic heterocycles. The minimum Gasteiger partial charge on any atom is -0.266 e. The van der Waals surface area contributed by atoms with E-state index in [9.17, 15) is 8.42 Å². The van der Waals surface area contributed by atoms with Gasteiger partial charge in [0.05, 0.1) is 12.4 Å². The Morgan fingerprint density at radius 2 is 1.03 bits per heavy atom. The van der Waals surface area contributed by atoms with Crippen LogP contribution in [0.4, 0.5) is 0 Å². The number of unbranched alkanes of at least 4 members (excludes halogenated alkanes) is 1. The Bertz CT molecular complexity index is 789. The van der Waals surface area contributed by atoms with Crippen LogP contribution >= 0.6 is 0 Å². The van der Waals surface area contributed by atoms with Crippen molar-refractivity contribution in [1.29, 1.82) is 0 Å². The van der Waals surface area contributed by atoms with E-state index < -0.39 is 10.1 Å². The van der Waals surface area contributed by atoms with Crippen LogP contribution in [0.1, 0.15) is 113 Å². The van der Waals surface area contributed by atoms with Crippen LogP contribution in [0, 0.1) is 0 Å². The second-order valence-electron chi connectivity index (χ2n) is 9.54. The van der Waals surface area contributed by atoms with Gasteiger partial charge >= 0.3 is 0 Å². The minimum atomic E-state index is -3.38. The number of allylic oxidation sites excluding steroid dienone is 9. The molecule has 3 nitrogen and oxygen atoms in total. The van der Waals surface area contributed by atoms with Crippen molar-refractivity contribution in [3.8, 4) is 0 Å². The molecule has 0 spiro atoms. The topological polar surface area (TPSA) is 43.4 Å².